The third-order valence-corrected chi connectivity index (χ3v) is 4.00. The Morgan fingerprint density at radius 1 is 1.29 bits per heavy atom. The van der Waals surface area contributed by atoms with E-state index in [4.69, 9.17) is 9.47 Å². The predicted molar refractivity (Wildman–Crippen MR) is 66.6 cm³/mol. The Balaban J connectivity index is 2.21. The number of hydrogen-bond acceptors (Lipinski definition) is 3. The zero-order valence-electron chi connectivity index (χ0n) is 11.2. The van der Waals surface area contributed by atoms with Gasteiger partial charge in [-0.25, -0.2) is 0 Å². The minimum atomic E-state index is -0.549. The van der Waals surface area contributed by atoms with Crippen LogP contribution >= 0.6 is 0 Å². The molecule has 3 nitrogen and oxygen atoms in total. The van der Waals surface area contributed by atoms with Crippen LogP contribution in [0.25, 0.3) is 0 Å². The molecule has 1 heterocycles. The van der Waals surface area contributed by atoms with E-state index in [0.29, 0.717) is 13.2 Å². The second-order valence-corrected chi connectivity index (χ2v) is 6.37. The topological polar surface area (TPSA) is 38.7 Å². The van der Waals surface area contributed by atoms with Crippen LogP contribution < -0.4 is 0 Å². The summed E-state index contributed by atoms with van der Waals surface area (Å²) in [5.41, 5.74) is 1.35. The van der Waals surface area contributed by atoms with Crippen molar-refractivity contribution in [3.63, 3.8) is 0 Å². The lowest BCUT2D eigenvalue weighted by Crippen LogP contribution is -2.55. The van der Waals surface area contributed by atoms with Crippen molar-refractivity contribution in [3.05, 3.63) is 12.2 Å². The first-order chi connectivity index (χ1) is 7.85. The van der Waals surface area contributed by atoms with Crippen LogP contribution in [0.5, 0.6) is 0 Å². The maximum absolute atomic E-state index is 9.51. The van der Waals surface area contributed by atoms with Gasteiger partial charge in [0, 0.05) is 12.3 Å². The van der Waals surface area contributed by atoms with Gasteiger partial charge in [-0.3, -0.25) is 0 Å². The molecule has 0 amide bonds. The first kappa shape index (κ1) is 13.1. The Hall–Kier alpha value is -0.380. The molecule has 1 saturated heterocycles. The second-order valence-electron chi connectivity index (χ2n) is 6.37. The number of rotatable bonds is 1. The lowest BCUT2D eigenvalue weighted by Gasteiger charge is -2.51. The molecule has 1 N–H and O–H groups in total. The Bertz CT molecular complexity index is 301. The number of aliphatic hydroxyl groups excluding tert-OH is 1. The van der Waals surface area contributed by atoms with E-state index < -0.39 is 11.9 Å². The molecular formula is C14H24O3. The fourth-order valence-corrected chi connectivity index (χ4v) is 3.12. The molecule has 0 aromatic carbocycles. The van der Waals surface area contributed by atoms with Crippen molar-refractivity contribution in [2.45, 2.75) is 51.9 Å². The zero-order chi connectivity index (χ0) is 12.7. The van der Waals surface area contributed by atoms with Crippen LogP contribution in [0.1, 0.15) is 40.0 Å². The average molecular weight is 240 g/mol. The highest BCUT2D eigenvalue weighted by Gasteiger charge is 2.51. The monoisotopic (exact) mass is 240 g/mol. The third kappa shape index (κ3) is 2.56. The Morgan fingerprint density at radius 3 is 2.41 bits per heavy atom. The van der Waals surface area contributed by atoms with Crippen molar-refractivity contribution in [3.8, 4) is 0 Å². The fourth-order valence-electron chi connectivity index (χ4n) is 3.12. The van der Waals surface area contributed by atoms with E-state index in [1.165, 1.54) is 6.42 Å². The summed E-state index contributed by atoms with van der Waals surface area (Å²) >= 11 is 0. The first-order valence-electron chi connectivity index (χ1n) is 6.46. The van der Waals surface area contributed by atoms with Gasteiger partial charge >= 0.3 is 0 Å². The van der Waals surface area contributed by atoms with Crippen LogP contribution in [-0.4, -0.2) is 30.2 Å². The summed E-state index contributed by atoms with van der Waals surface area (Å²) in [7, 11) is 0. The van der Waals surface area contributed by atoms with Gasteiger partial charge in [-0.1, -0.05) is 26.0 Å². The molecule has 2 fully saturated rings. The molecule has 1 aliphatic carbocycles. The largest absolute Gasteiger partial charge is 0.388 e. The molecule has 1 aliphatic heterocycles. The molecule has 98 valence electrons. The summed E-state index contributed by atoms with van der Waals surface area (Å²) in [6, 6.07) is 0. The van der Waals surface area contributed by atoms with Gasteiger partial charge < -0.3 is 14.6 Å². The SMILES string of the molecule is C=C(C)C1CCC(C)(C)CC12OCC(O)CO2. The van der Waals surface area contributed by atoms with Crippen molar-refractivity contribution in [2.24, 2.45) is 11.3 Å². The van der Waals surface area contributed by atoms with E-state index >= 15 is 0 Å². The average Bonchev–Trinajstić information content (AvgIpc) is 2.21. The van der Waals surface area contributed by atoms with Crippen LogP contribution in [0.3, 0.4) is 0 Å². The van der Waals surface area contributed by atoms with Crippen LogP contribution in [0, 0.1) is 11.3 Å². The summed E-state index contributed by atoms with van der Waals surface area (Å²) in [5, 5.41) is 9.51. The number of aliphatic hydroxyl groups is 1. The van der Waals surface area contributed by atoms with Gasteiger partial charge in [0.05, 0.1) is 13.2 Å². The maximum atomic E-state index is 9.51. The number of hydrogen-bond donors (Lipinski definition) is 1. The molecule has 0 radical (unpaired) electrons. The molecular weight excluding hydrogens is 216 g/mol. The van der Waals surface area contributed by atoms with Crippen LogP contribution in [0.4, 0.5) is 0 Å². The molecule has 1 unspecified atom stereocenters. The quantitative estimate of drug-likeness (QED) is 0.716. The van der Waals surface area contributed by atoms with Crippen molar-refractivity contribution in [1.29, 1.82) is 0 Å². The Labute approximate surface area is 104 Å². The van der Waals surface area contributed by atoms with E-state index in [2.05, 4.69) is 20.4 Å². The summed E-state index contributed by atoms with van der Waals surface area (Å²) in [6.45, 7) is 11.4. The number of ether oxygens (including phenoxy) is 2. The highest BCUT2D eigenvalue weighted by Crippen LogP contribution is 2.50. The van der Waals surface area contributed by atoms with E-state index in [9.17, 15) is 5.11 Å². The van der Waals surface area contributed by atoms with Gasteiger partial charge in [0.15, 0.2) is 5.79 Å². The summed E-state index contributed by atoms with van der Waals surface area (Å²) in [4.78, 5) is 0. The Morgan fingerprint density at radius 2 is 1.88 bits per heavy atom. The van der Waals surface area contributed by atoms with Crippen molar-refractivity contribution in [1.82, 2.24) is 0 Å². The zero-order valence-corrected chi connectivity index (χ0v) is 11.2. The van der Waals surface area contributed by atoms with Crippen LogP contribution in [0.2, 0.25) is 0 Å². The normalized spacial score (nSPS) is 41.4. The highest BCUT2D eigenvalue weighted by atomic mass is 16.7. The lowest BCUT2D eigenvalue weighted by atomic mass is 9.67. The van der Waals surface area contributed by atoms with Gasteiger partial charge in [0.2, 0.25) is 0 Å². The lowest BCUT2D eigenvalue weighted by molar-refractivity contribution is -0.331. The predicted octanol–water partition coefficient (Wildman–Crippen LogP) is 2.49. The van der Waals surface area contributed by atoms with Crippen molar-refractivity contribution < 1.29 is 14.6 Å². The summed E-state index contributed by atoms with van der Waals surface area (Å²) in [6.07, 6.45) is 2.61. The molecule has 0 bridgehead atoms. The van der Waals surface area contributed by atoms with Crippen molar-refractivity contribution in [2.75, 3.05) is 13.2 Å². The molecule has 0 aromatic heterocycles. The molecule has 3 heteroatoms. The van der Waals surface area contributed by atoms with E-state index in [1.807, 2.05) is 6.92 Å². The minimum Gasteiger partial charge on any atom is -0.388 e. The third-order valence-electron chi connectivity index (χ3n) is 4.00. The minimum absolute atomic E-state index is 0.230. The second kappa shape index (κ2) is 4.38. The van der Waals surface area contributed by atoms with E-state index in [-0.39, 0.29) is 11.3 Å². The van der Waals surface area contributed by atoms with E-state index in [0.717, 1.165) is 18.4 Å². The summed E-state index contributed by atoms with van der Waals surface area (Å²) in [5.74, 6) is -0.296. The molecule has 2 rings (SSSR count). The molecule has 1 spiro atoms. The van der Waals surface area contributed by atoms with Gasteiger partial charge in [-0.15, -0.1) is 0 Å². The van der Waals surface area contributed by atoms with Gasteiger partial charge in [-0.05, 0) is 25.2 Å². The molecule has 0 aromatic rings. The van der Waals surface area contributed by atoms with Gasteiger partial charge in [0.25, 0.3) is 0 Å². The van der Waals surface area contributed by atoms with Crippen LogP contribution in [-0.2, 0) is 9.47 Å². The molecule has 17 heavy (non-hydrogen) atoms. The van der Waals surface area contributed by atoms with E-state index in [1.54, 1.807) is 0 Å². The van der Waals surface area contributed by atoms with Gasteiger partial charge in [0.1, 0.15) is 6.10 Å². The van der Waals surface area contributed by atoms with Crippen molar-refractivity contribution >= 4 is 0 Å². The van der Waals surface area contributed by atoms with Crippen LogP contribution in [0.15, 0.2) is 12.2 Å². The molecule has 2 aliphatic rings. The first-order valence-corrected chi connectivity index (χ1v) is 6.46. The maximum Gasteiger partial charge on any atom is 0.175 e. The van der Waals surface area contributed by atoms with Gasteiger partial charge in [-0.2, -0.15) is 0 Å². The standard InChI is InChI=1S/C14H24O3/c1-10(2)12-5-6-13(3,4)9-14(12)16-7-11(15)8-17-14/h11-12,15H,1,5-9H2,2-4H3. The summed E-state index contributed by atoms with van der Waals surface area (Å²) < 4.78 is 11.8. The Kier molecular flexibility index (Phi) is 3.36. The smallest absolute Gasteiger partial charge is 0.175 e. The highest BCUT2D eigenvalue weighted by molar-refractivity contribution is 5.08. The molecule has 1 saturated carbocycles. The molecule has 1 atom stereocenters. The fraction of sp³-hybridized carbons (Fsp3) is 0.857.